The molecule has 0 bridgehead atoms. The Balaban J connectivity index is 1.57. The Kier molecular flexibility index (Phi) is 6.49. The van der Waals surface area contributed by atoms with E-state index < -0.39 is 5.60 Å². The molecule has 1 aliphatic carbocycles. The first-order chi connectivity index (χ1) is 17.5. The first-order valence-corrected chi connectivity index (χ1v) is 12.0. The van der Waals surface area contributed by atoms with Crippen molar-refractivity contribution in [3.63, 3.8) is 0 Å². The molecular weight excluding hydrogens is 454 g/mol. The molecule has 1 N–H and O–H groups in total. The van der Waals surface area contributed by atoms with Crippen LogP contribution in [0.4, 0.5) is 11.4 Å². The largest absolute Gasteiger partial charge is 0.497 e. The Morgan fingerprint density at radius 2 is 1.75 bits per heavy atom. The minimum Gasteiger partial charge on any atom is -0.497 e. The first kappa shape index (κ1) is 23.6. The van der Waals surface area contributed by atoms with E-state index >= 15 is 0 Å². The van der Waals surface area contributed by atoms with Crippen LogP contribution in [0.25, 0.3) is 22.3 Å². The molecule has 5 rings (SSSR count). The molecule has 2 aromatic carbocycles. The van der Waals surface area contributed by atoms with Crippen LogP contribution >= 0.6 is 0 Å². The summed E-state index contributed by atoms with van der Waals surface area (Å²) in [4.78, 5) is 11.5. The number of ether oxygens (including phenoxy) is 2. The van der Waals surface area contributed by atoms with Crippen LogP contribution in [0.2, 0.25) is 0 Å². The van der Waals surface area contributed by atoms with Gasteiger partial charge < -0.3 is 19.5 Å². The van der Waals surface area contributed by atoms with E-state index in [-0.39, 0.29) is 0 Å². The normalized spacial score (nSPS) is 14.3. The number of benzene rings is 2. The maximum absolute atomic E-state index is 10.7. The van der Waals surface area contributed by atoms with Crippen LogP contribution in [0.1, 0.15) is 25.7 Å². The van der Waals surface area contributed by atoms with Gasteiger partial charge in [-0.25, -0.2) is 4.98 Å². The van der Waals surface area contributed by atoms with E-state index in [2.05, 4.69) is 26.8 Å². The van der Waals surface area contributed by atoms with Crippen LogP contribution in [0.5, 0.6) is 11.5 Å². The monoisotopic (exact) mass is 483 g/mol. The molecule has 0 atom stereocenters. The van der Waals surface area contributed by atoms with E-state index in [4.69, 9.17) is 14.5 Å². The maximum Gasteiger partial charge on any atom is 0.125 e. The Labute approximate surface area is 210 Å². The third-order valence-electron chi connectivity index (χ3n) is 6.47. The molecule has 1 aliphatic rings. The van der Waals surface area contributed by atoms with Crippen molar-refractivity contribution in [1.29, 1.82) is 0 Å². The summed E-state index contributed by atoms with van der Waals surface area (Å²) in [6.45, 7) is 0.375. The van der Waals surface area contributed by atoms with E-state index in [1.54, 1.807) is 31.3 Å². The van der Waals surface area contributed by atoms with Crippen LogP contribution in [0, 0.1) is 11.8 Å². The van der Waals surface area contributed by atoms with Gasteiger partial charge in [0.05, 0.1) is 49.9 Å². The minimum absolute atomic E-state index is 0.375. The molecule has 1 fully saturated rings. The van der Waals surface area contributed by atoms with Crippen molar-refractivity contribution in [1.82, 2.24) is 19.7 Å². The van der Waals surface area contributed by atoms with Crippen molar-refractivity contribution < 1.29 is 14.6 Å². The number of hydrogen-bond donors (Lipinski definition) is 1. The van der Waals surface area contributed by atoms with Crippen molar-refractivity contribution in [3.05, 3.63) is 55.0 Å². The summed E-state index contributed by atoms with van der Waals surface area (Å²) in [6, 6.07) is 11.7. The first-order valence-electron chi connectivity index (χ1n) is 12.0. The number of aromatic nitrogens is 4. The number of rotatable bonds is 6. The molecule has 0 spiro atoms. The maximum atomic E-state index is 10.7. The zero-order chi connectivity index (χ0) is 25.1. The average molecular weight is 484 g/mol. The topological polar surface area (TPSA) is 85.5 Å². The van der Waals surface area contributed by atoms with E-state index in [1.807, 2.05) is 49.6 Å². The molecular formula is C28H29N5O3. The van der Waals surface area contributed by atoms with Crippen molar-refractivity contribution >= 4 is 22.4 Å². The second kappa shape index (κ2) is 9.88. The highest BCUT2D eigenvalue weighted by Gasteiger charge is 2.28. The van der Waals surface area contributed by atoms with Crippen LogP contribution in [-0.4, -0.2) is 51.2 Å². The third-order valence-corrected chi connectivity index (χ3v) is 6.47. The lowest BCUT2D eigenvalue weighted by Crippen LogP contribution is -2.23. The highest BCUT2D eigenvalue weighted by molar-refractivity contribution is 5.83. The summed E-state index contributed by atoms with van der Waals surface area (Å²) in [7, 11) is 5.13. The molecule has 4 aromatic rings. The van der Waals surface area contributed by atoms with Gasteiger partial charge in [0.15, 0.2) is 0 Å². The standard InChI is InChI=1S/C28H29N5O3/c1-32-19-20(17-30-32)27-18-29-25-8-7-21(15-26(25)31-27)33(12-6-11-28(34)9-4-5-10-28)22-13-23(35-2)16-24(14-22)36-3/h7-8,13-19,34H,4-5,9-10,12H2,1-3H3. The second-order valence-corrected chi connectivity index (χ2v) is 9.03. The molecule has 36 heavy (non-hydrogen) atoms. The fraction of sp³-hybridized carbons (Fsp3) is 0.321. The summed E-state index contributed by atoms with van der Waals surface area (Å²) >= 11 is 0. The molecule has 1 saturated carbocycles. The smallest absolute Gasteiger partial charge is 0.125 e. The lowest BCUT2D eigenvalue weighted by Gasteiger charge is -2.24. The van der Waals surface area contributed by atoms with Gasteiger partial charge in [-0.2, -0.15) is 5.10 Å². The van der Waals surface area contributed by atoms with Gasteiger partial charge in [0, 0.05) is 48.4 Å². The van der Waals surface area contributed by atoms with E-state index in [0.717, 1.165) is 59.3 Å². The van der Waals surface area contributed by atoms with Crippen molar-refractivity contribution in [2.24, 2.45) is 7.05 Å². The molecule has 184 valence electrons. The average Bonchev–Trinajstić information content (AvgIpc) is 3.54. The molecule has 8 nitrogen and oxygen atoms in total. The number of hydrogen-bond acceptors (Lipinski definition) is 7. The fourth-order valence-electron chi connectivity index (χ4n) is 4.51. The number of fused-ring (bicyclic) bond motifs is 1. The SMILES string of the molecule is COc1cc(OC)cc(N(CC#CC2(O)CCCC2)c2ccc3ncc(-c4cnn(C)c4)nc3c2)c1. The molecule has 8 heteroatoms. The van der Waals surface area contributed by atoms with Crippen LogP contribution in [0.3, 0.4) is 0 Å². The Hall–Kier alpha value is -4.09. The Morgan fingerprint density at radius 3 is 2.42 bits per heavy atom. The zero-order valence-electron chi connectivity index (χ0n) is 20.7. The van der Waals surface area contributed by atoms with Crippen molar-refractivity contribution in [2.75, 3.05) is 25.7 Å². The number of anilines is 2. The van der Waals surface area contributed by atoms with Crippen molar-refractivity contribution in [2.45, 2.75) is 31.3 Å². The van der Waals surface area contributed by atoms with Gasteiger partial charge >= 0.3 is 0 Å². The van der Waals surface area contributed by atoms with E-state index in [9.17, 15) is 5.11 Å². The molecule has 0 unspecified atom stereocenters. The highest BCUT2D eigenvalue weighted by atomic mass is 16.5. The summed E-state index contributed by atoms with van der Waals surface area (Å²) in [5, 5.41) is 15.0. The summed E-state index contributed by atoms with van der Waals surface area (Å²) < 4.78 is 12.8. The van der Waals surface area contributed by atoms with Crippen LogP contribution in [-0.2, 0) is 7.05 Å². The minimum atomic E-state index is -0.898. The lowest BCUT2D eigenvalue weighted by atomic mass is 10.0. The predicted octanol–water partition coefficient (Wildman–Crippen LogP) is 4.49. The quantitative estimate of drug-likeness (QED) is 0.404. The second-order valence-electron chi connectivity index (χ2n) is 9.03. The van der Waals surface area contributed by atoms with Gasteiger partial charge in [-0.1, -0.05) is 11.8 Å². The highest BCUT2D eigenvalue weighted by Crippen LogP contribution is 2.34. The van der Waals surface area contributed by atoms with Gasteiger partial charge in [-0.15, -0.1) is 0 Å². The number of aryl methyl sites for hydroxylation is 1. The molecule has 2 heterocycles. The molecule has 0 saturated heterocycles. The molecule has 2 aromatic heterocycles. The lowest BCUT2D eigenvalue weighted by molar-refractivity contribution is 0.110. The zero-order valence-corrected chi connectivity index (χ0v) is 20.7. The molecule has 0 radical (unpaired) electrons. The van der Waals surface area contributed by atoms with E-state index in [0.29, 0.717) is 18.0 Å². The van der Waals surface area contributed by atoms with Crippen LogP contribution < -0.4 is 14.4 Å². The van der Waals surface area contributed by atoms with Gasteiger partial charge in [0.25, 0.3) is 0 Å². The van der Waals surface area contributed by atoms with Gasteiger partial charge in [0.1, 0.15) is 17.1 Å². The van der Waals surface area contributed by atoms with E-state index in [1.165, 1.54) is 0 Å². The number of methoxy groups -OCH3 is 2. The summed E-state index contributed by atoms with van der Waals surface area (Å²) in [5.41, 5.74) is 4.06. The van der Waals surface area contributed by atoms with Gasteiger partial charge in [-0.05, 0) is 43.9 Å². The summed E-state index contributed by atoms with van der Waals surface area (Å²) in [5.74, 6) is 7.70. The Morgan fingerprint density at radius 1 is 1.00 bits per heavy atom. The van der Waals surface area contributed by atoms with Crippen molar-refractivity contribution in [3.8, 4) is 34.6 Å². The number of nitrogens with zero attached hydrogens (tertiary/aromatic N) is 5. The van der Waals surface area contributed by atoms with Gasteiger partial charge in [-0.3, -0.25) is 9.67 Å². The molecule has 0 amide bonds. The van der Waals surface area contributed by atoms with Crippen LogP contribution in [0.15, 0.2) is 55.0 Å². The predicted molar refractivity (Wildman–Crippen MR) is 139 cm³/mol. The Bertz CT molecular complexity index is 1420. The number of aliphatic hydroxyl groups is 1. The van der Waals surface area contributed by atoms with Gasteiger partial charge in [0.2, 0.25) is 0 Å². The fourth-order valence-corrected chi connectivity index (χ4v) is 4.51. The summed E-state index contributed by atoms with van der Waals surface area (Å²) in [6.07, 6.45) is 8.90. The third kappa shape index (κ3) is 4.97. The molecule has 0 aliphatic heterocycles.